The summed E-state index contributed by atoms with van der Waals surface area (Å²) in [6.45, 7) is 1.80. The molecule has 6 heteroatoms. The summed E-state index contributed by atoms with van der Waals surface area (Å²) in [6.07, 6.45) is 1.43. The molecule has 0 aromatic carbocycles. The van der Waals surface area contributed by atoms with Crippen LogP contribution >= 0.6 is 0 Å². The summed E-state index contributed by atoms with van der Waals surface area (Å²) < 4.78 is 10.0. The fraction of sp³-hybridized carbons (Fsp3) is 0.417. The second kappa shape index (κ2) is 4.64. The van der Waals surface area contributed by atoms with Crippen LogP contribution in [0.15, 0.2) is 22.8 Å². The van der Waals surface area contributed by atoms with Gasteiger partial charge in [0.05, 0.1) is 12.9 Å². The number of carbonyl (C=O) groups excluding carboxylic acids is 3. The number of Topliss-reactive ketones (excluding diaryl/α,β-unsaturated/α-hetero) is 1. The normalized spacial score (nSPS) is 23.6. The van der Waals surface area contributed by atoms with Gasteiger partial charge in [0.25, 0.3) is 5.91 Å². The van der Waals surface area contributed by atoms with Crippen LogP contribution in [0.1, 0.15) is 18.7 Å². The summed E-state index contributed by atoms with van der Waals surface area (Å²) >= 11 is 0. The molecule has 0 saturated carbocycles. The first kappa shape index (κ1) is 12.3. The minimum absolute atomic E-state index is 0.158. The van der Waals surface area contributed by atoms with Crippen LogP contribution in [0.5, 0.6) is 0 Å². The zero-order chi connectivity index (χ0) is 13.3. The van der Waals surface area contributed by atoms with Crippen LogP contribution in [0.4, 0.5) is 0 Å². The summed E-state index contributed by atoms with van der Waals surface area (Å²) in [5.41, 5.74) is 0. The van der Waals surface area contributed by atoms with Gasteiger partial charge in [0.15, 0.2) is 5.92 Å². The van der Waals surface area contributed by atoms with Crippen LogP contribution < -0.4 is 0 Å². The van der Waals surface area contributed by atoms with Crippen LogP contribution in [-0.4, -0.2) is 36.2 Å². The van der Waals surface area contributed by atoms with E-state index < -0.39 is 29.6 Å². The van der Waals surface area contributed by atoms with Crippen molar-refractivity contribution in [2.24, 2.45) is 5.92 Å². The predicted molar refractivity (Wildman–Crippen MR) is 59.3 cm³/mol. The van der Waals surface area contributed by atoms with Crippen molar-refractivity contribution in [3.8, 4) is 0 Å². The summed E-state index contributed by atoms with van der Waals surface area (Å²) in [5.74, 6) is -2.89. The highest BCUT2D eigenvalue weighted by Gasteiger charge is 2.52. The number of hydrogen-bond acceptors (Lipinski definition) is 5. The van der Waals surface area contributed by atoms with E-state index >= 15 is 0 Å². The highest BCUT2D eigenvalue weighted by Crippen LogP contribution is 2.35. The van der Waals surface area contributed by atoms with Gasteiger partial charge in [0, 0.05) is 7.05 Å². The minimum atomic E-state index is -1.14. The van der Waals surface area contributed by atoms with E-state index in [0.29, 0.717) is 5.76 Å². The lowest BCUT2D eigenvalue weighted by atomic mass is 9.97. The number of likely N-dealkylation sites (tertiary alicyclic amines) is 1. The lowest BCUT2D eigenvalue weighted by Crippen LogP contribution is -2.28. The molecule has 1 aromatic rings. The Morgan fingerprint density at radius 3 is 2.78 bits per heavy atom. The Labute approximate surface area is 103 Å². The number of likely N-dealkylation sites (N-methyl/N-ethyl adjacent to an activating group) is 1. The van der Waals surface area contributed by atoms with Crippen LogP contribution in [0.3, 0.4) is 0 Å². The van der Waals surface area contributed by atoms with Gasteiger partial charge in [-0.15, -0.1) is 0 Å². The SMILES string of the molecule is CCOC(=O)[C@H]1C(=O)C(=O)N(C)[C@@H]1c1ccco1. The monoisotopic (exact) mass is 251 g/mol. The van der Waals surface area contributed by atoms with Gasteiger partial charge < -0.3 is 14.1 Å². The van der Waals surface area contributed by atoms with E-state index in [0.717, 1.165) is 0 Å². The fourth-order valence-electron chi connectivity index (χ4n) is 2.08. The van der Waals surface area contributed by atoms with Crippen LogP contribution in [0.25, 0.3) is 0 Å². The molecule has 2 heterocycles. The molecule has 18 heavy (non-hydrogen) atoms. The van der Waals surface area contributed by atoms with E-state index in [-0.39, 0.29) is 6.61 Å². The molecule has 0 N–H and O–H groups in total. The molecule has 0 aliphatic carbocycles. The van der Waals surface area contributed by atoms with Crippen molar-refractivity contribution in [1.82, 2.24) is 4.90 Å². The fourth-order valence-corrected chi connectivity index (χ4v) is 2.08. The second-order valence-corrected chi connectivity index (χ2v) is 3.97. The van der Waals surface area contributed by atoms with Gasteiger partial charge in [-0.05, 0) is 19.1 Å². The first-order valence-corrected chi connectivity index (χ1v) is 5.59. The average molecular weight is 251 g/mol. The predicted octanol–water partition coefficient (Wildman–Crippen LogP) is 0.541. The molecule has 96 valence electrons. The van der Waals surface area contributed by atoms with Crippen molar-refractivity contribution >= 4 is 17.7 Å². The zero-order valence-corrected chi connectivity index (χ0v) is 10.1. The number of rotatable bonds is 3. The number of nitrogens with zero attached hydrogens (tertiary/aromatic N) is 1. The molecule has 1 aromatic heterocycles. The van der Waals surface area contributed by atoms with Gasteiger partial charge in [-0.25, -0.2) is 0 Å². The number of carbonyl (C=O) groups is 3. The highest BCUT2D eigenvalue weighted by atomic mass is 16.5. The third-order valence-electron chi connectivity index (χ3n) is 2.92. The van der Waals surface area contributed by atoms with E-state index in [2.05, 4.69) is 0 Å². The third-order valence-corrected chi connectivity index (χ3v) is 2.92. The highest BCUT2D eigenvalue weighted by molar-refractivity contribution is 6.42. The molecule has 1 amide bonds. The first-order valence-electron chi connectivity index (χ1n) is 5.59. The Hall–Kier alpha value is -2.11. The maximum Gasteiger partial charge on any atom is 0.319 e. The molecule has 2 rings (SSSR count). The van der Waals surface area contributed by atoms with E-state index in [1.54, 1.807) is 19.1 Å². The number of esters is 1. The standard InChI is InChI=1S/C12H13NO5/c1-3-17-12(16)8-9(7-5-4-6-18-7)13(2)11(15)10(8)14/h4-6,8-9H,3H2,1-2H3/t8-,9-/m1/s1. The summed E-state index contributed by atoms with van der Waals surface area (Å²) in [5, 5.41) is 0. The Balaban J connectivity index is 2.37. The van der Waals surface area contributed by atoms with Gasteiger partial charge in [-0.2, -0.15) is 0 Å². The van der Waals surface area contributed by atoms with Gasteiger partial charge in [-0.1, -0.05) is 0 Å². The second-order valence-electron chi connectivity index (χ2n) is 3.97. The van der Waals surface area contributed by atoms with Crippen molar-refractivity contribution < 1.29 is 23.5 Å². The van der Waals surface area contributed by atoms with Crippen LogP contribution in [0.2, 0.25) is 0 Å². The number of amides is 1. The minimum Gasteiger partial charge on any atom is -0.467 e. The van der Waals surface area contributed by atoms with E-state index in [1.165, 1.54) is 18.2 Å². The largest absolute Gasteiger partial charge is 0.467 e. The first-order chi connectivity index (χ1) is 8.57. The number of ketones is 1. The molecular weight excluding hydrogens is 238 g/mol. The average Bonchev–Trinajstić information content (AvgIpc) is 2.92. The van der Waals surface area contributed by atoms with E-state index in [4.69, 9.17) is 9.15 Å². The summed E-state index contributed by atoms with van der Waals surface area (Å²) in [7, 11) is 1.46. The Kier molecular flexibility index (Phi) is 3.18. The lowest BCUT2D eigenvalue weighted by molar-refractivity contribution is -0.152. The summed E-state index contributed by atoms with van der Waals surface area (Å²) in [4.78, 5) is 36.5. The smallest absolute Gasteiger partial charge is 0.319 e. The summed E-state index contributed by atoms with van der Waals surface area (Å²) in [6, 6.07) is 2.54. The molecule has 0 radical (unpaired) electrons. The van der Waals surface area contributed by atoms with Crippen molar-refractivity contribution in [2.45, 2.75) is 13.0 Å². The molecule has 2 atom stereocenters. The van der Waals surface area contributed by atoms with Gasteiger partial charge in [-0.3, -0.25) is 14.4 Å². The van der Waals surface area contributed by atoms with Crippen molar-refractivity contribution in [1.29, 1.82) is 0 Å². The number of ether oxygens (including phenoxy) is 1. The zero-order valence-electron chi connectivity index (χ0n) is 10.1. The number of hydrogen-bond donors (Lipinski definition) is 0. The van der Waals surface area contributed by atoms with E-state index in [9.17, 15) is 14.4 Å². The van der Waals surface area contributed by atoms with Gasteiger partial charge in [0.2, 0.25) is 5.78 Å². The quantitative estimate of drug-likeness (QED) is 0.445. The Morgan fingerprint density at radius 1 is 1.50 bits per heavy atom. The molecule has 1 aliphatic heterocycles. The van der Waals surface area contributed by atoms with Gasteiger partial charge in [0.1, 0.15) is 11.8 Å². The topological polar surface area (TPSA) is 76.8 Å². The van der Waals surface area contributed by atoms with Gasteiger partial charge >= 0.3 is 5.97 Å². The molecular formula is C12H13NO5. The van der Waals surface area contributed by atoms with Crippen molar-refractivity contribution in [3.05, 3.63) is 24.2 Å². The molecule has 1 saturated heterocycles. The van der Waals surface area contributed by atoms with Crippen molar-refractivity contribution in [3.63, 3.8) is 0 Å². The molecule has 0 spiro atoms. The van der Waals surface area contributed by atoms with Crippen molar-refractivity contribution in [2.75, 3.05) is 13.7 Å². The van der Waals surface area contributed by atoms with Crippen LogP contribution in [0, 0.1) is 5.92 Å². The molecule has 0 bridgehead atoms. The lowest BCUT2D eigenvalue weighted by Gasteiger charge is -2.20. The Bertz CT molecular complexity index is 479. The maximum absolute atomic E-state index is 11.8. The Morgan fingerprint density at radius 2 is 2.22 bits per heavy atom. The molecule has 1 fully saturated rings. The van der Waals surface area contributed by atoms with Crippen LogP contribution in [-0.2, 0) is 19.1 Å². The van der Waals surface area contributed by atoms with E-state index in [1.807, 2.05) is 0 Å². The third kappa shape index (κ3) is 1.79. The maximum atomic E-state index is 11.8. The molecule has 6 nitrogen and oxygen atoms in total. The molecule has 1 aliphatic rings. The molecule has 0 unspecified atom stereocenters. The number of furan rings is 1.